The highest BCUT2D eigenvalue weighted by atomic mass is 79.9. The number of aliphatic hydroxyl groups excluding tert-OH is 1. The molecule has 2 aromatic rings. The second-order valence-corrected chi connectivity index (χ2v) is 9.29. The Morgan fingerprint density at radius 1 is 1.22 bits per heavy atom. The van der Waals surface area contributed by atoms with Crippen molar-refractivity contribution in [3.8, 4) is 11.5 Å². The summed E-state index contributed by atoms with van der Waals surface area (Å²) >= 11 is 4.34. The van der Waals surface area contributed by atoms with Crippen molar-refractivity contribution in [3.05, 3.63) is 39.7 Å². The van der Waals surface area contributed by atoms with Crippen molar-refractivity contribution in [1.29, 1.82) is 0 Å². The standard InChI is InChI=1S/C14H14BrNO5S2/c15-13-3-4-14(22-13)23(18,19)16-8-10(17)9-1-2-11-12(7-9)21-6-5-20-11/h1-4,7,10,16-17H,5-6,8H2. The zero-order chi connectivity index (χ0) is 16.4. The normalized spacial score (nSPS) is 15.4. The Bertz CT molecular complexity index is 805. The van der Waals surface area contributed by atoms with Gasteiger partial charge in [0.05, 0.1) is 9.89 Å². The molecule has 124 valence electrons. The zero-order valence-corrected chi connectivity index (χ0v) is 15.1. The molecule has 3 rings (SSSR count). The van der Waals surface area contributed by atoms with Gasteiger partial charge in [-0.2, -0.15) is 0 Å². The minimum atomic E-state index is -3.64. The smallest absolute Gasteiger partial charge is 0.250 e. The number of benzene rings is 1. The minimum absolute atomic E-state index is 0.127. The molecule has 1 aliphatic rings. The fraction of sp³-hybridized carbons (Fsp3) is 0.286. The van der Waals surface area contributed by atoms with Crippen molar-refractivity contribution < 1.29 is 23.0 Å². The van der Waals surface area contributed by atoms with E-state index in [0.717, 1.165) is 15.1 Å². The van der Waals surface area contributed by atoms with Crippen molar-refractivity contribution in [2.45, 2.75) is 10.3 Å². The average Bonchev–Trinajstić information content (AvgIpc) is 2.99. The molecule has 0 spiro atoms. The van der Waals surface area contributed by atoms with Crippen LogP contribution in [0.15, 0.2) is 38.3 Å². The number of rotatable bonds is 5. The largest absolute Gasteiger partial charge is 0.486 e. The molecular weight excluding hydrogens is 406 g/mol. The second kappa shape index (κ2) is 6.78. The molecule has 1 aliphatic heterocycles. The summed E-state index contributed by atoms with van der Waals surface area (Å²) in [6.45, 7) is 0.814. The molecule has 6 nitrogen and oxygen atoms in total. The van der Waals surface area contributed by atoms with E-state index in [2.05, 4.69) is 20.7 Å². The number of nitrogens with one attached hydrogen (secondary N) is 1. The first-order valence-corrected chi connectivity index (χ1v) is 9.87. The fourth-order valence-electron chi connectivity index (χ4n) is 2.09. The van der Waals surface area contributed by atoms with Gasteiger partial charge in [-0.1, -0.05) is 6.07 Å². The van der Waals surface area contributed by atoms with E-state index in [4.69, 9.17) is 9.47 Å². The predicted octanol–water partition coefficient (Wildman–Crippen LogP) is 2.29. The van der Waals surface area contributed by atoms with Crippen LogP contribution in [0.3, 0.4) is 0 Å². The van der Waals surface area contributed by atoms with Gasteiger partial charge < -0.3 is 14.6 Å². The maximum Gasteiger partial charge on any atom is 0.250 e. The van der Waals surface area contributed by atoms with E-state index >= 15 is 0 Å². The van der Waals surface area contributed by atoms with Crippen LogP contribution in [-0.2, 0) is 10.0 Å². The summed E-state index contributed by atoms with van der Waals surface area (Å²) in [5.41, 5.74) is 0.560. The SMILES string of the molecule is O=S(=O)(NCC(O)c1ccc2c(c1)OCCO2)c1ccc(Br)s1. The van der Waals surface area contributed by atoms with Gasteiger partial charge in [0.15, 0.2) is 11.5 Å². The first-order chi connectivity index (χ1) is 11.0. The highest BCUT2D eigenvalue weighted by molar-refractivity contribution is 9.11. The summed E-state index contributed by atoms with van der Waals surface area (Å²) in [7, 11) is -3.64. The molecule has 1 aromatic heterocycles. The number of hydrogen-bond donors (Lipinski definition) is 2. The third-order valence-electron chi connectivity index (χ3n) is 3.23. The number of hydrogen-bond acceptors (Lipinski definition) is 6. The van der Waals surface area contributed by atoms with Gasteiger partial charge >= 0.3 is 0 Å². The first-order valence-electron chi connectivity index (χ1n) is 6.78. The van der Waals surface area contributed by atoms with Crippen molar-refractivity contribution in [1.82, 2.24) is 4.72 Å². The third kappa shape index (κ3) is 3.86. The van der Waals surface area contributed by atoms with Crippen molar-refractivity contribution in [3.63, 3.8) is 0 Å². The molecule has 1 aromatic carbocycles. The quantitative estimate of drug-likeness (QED) is 0.776. The lowest BCUT2D eigenvalue weighted by Crippen LogP contribution is -2.28. The van der Waals surface area contributed by atoms with Crippen LogP contribution in [-0.4, -0.2) is 33.3 Å². The van der Waals surface area contributed by atoms with E-state index in [0.29, 0.717) is 30.3 Å². The van der Waals surface area contributed by atoms with Gasteiger partial charge in [0, 0.05) is 6.54 Å². The van der Waals surface area contributed by atoms with Gasteiger partial charge in [-0.25, -0.2) is 13.1 Å². The van der Waals surface area contributed by atoms with Crippen molar-refractivity contribution in [2.75, 3.05) is 19.8 Å². The summed E-state index contributed by atoms with van der Waals surface area (Å²) in [6.07, 6.45) is -0.982. The molecular formula is C14H14BrNO5S2. The summed E-state index contributed by atoms with van der Waals surface area (Å²) in [5, 5.41) is 10.2. The highest BCUT2D eigenvalue weighted by Crippen LogP contribution is 2.32. The van der Waals surface area contributed by atoms with E-state index in [9.17, 15) is 13.5 Å². The Balaban J connectivity index is 1.68. The van der Waals surface area contributed by atoms with Gasteiger partial charge in [-0.3, -0.25) is 0 Å². The van der Waals surface area contributed by atoms with Crippen LogP contribution in [0.4, 0.5) is 0 Å². The number of aliphatic hydroxyl groups is 1. The van der Waals surface area contributed by atoms with Gasteiger partial charge in [0.25, 0.3) is 0 Å². The van der Waals surface area contributed by atoms with Crippen LogP contribution >= 0.6 is 27.3 Å². The summed E-state index contributed by atoms with van der Waals surface area (Å²) in [5.74, 6) is 1.18. The monoisotopic (exact) mass is 419 g/mol. The first kappa shape index (κ1) is 16.7. The van der Waals surface area contributed by atoms with E-state index < -0.39 is 16.1 Å². The van der Waals surface area contributed by atoms with Gasteiger partial charge in [-0.15, -0.1) is 11.3 Å². The van der Waals surface area contributed by atoms with Crippen LogP contribution in [0.25, 0.3) is 0 Å². The number of sulfonamides is 1. The van der Waals surface area contributed by atoms with Crippen LogP contribution in [0.1, 0.15) is 11.7 Å². The minimum Gasteiger partial charge on any atom is -0.486 e. The molecule has 0 radical (unpaired) electrons. The number of thiophene rings is 1. The molecule has 0 bridgehead atoms. The molecule has 9 heteroatoms. The van der Waals surface area contributed by atoms with Crippen LogP contribution < -0.4 is 14.2 Å². The lowest BCUT2D eigenvalue weighted by atomic mass is 10.1. The summed E-state index contributed by atoms with van der Waals surface area (Å²) < 4.78 is 38.5. The average molecular weight is 420 g/mol. The van der Waals surface area contributed by atoms with E-state index in [1.54, 1.807) is 24.3 Å². The Morgan fingerprint density at radius 3 is 2.65 bits per heavy atom. The van der Waals surface area contributed by atoms with Crippen molar-refractivity contribution >= 4 is 37.3 Å². The maximum absolute atomic E-state index is 12.1. The summed E-state index contributed by atoms with van der Waals surface area (Å²) in [4.78, 5) is 0. The molecule has 0 amide bonds. The molecule has 1 unspecified atom stereocenters. The Kier molecular flexibility index (Phi) is 4.93. The molecule has 23 heavy (non-hydrogen) atoms. The van der Waals surface area contributed by atoms with Gasteiger partial charge in [-0.05, 0) is 45.8 Å². The predicted molar refractivity (Wildman–Crippen MR) is 89.6 cm³/mol. The van der Waals surface area contributed by atoms with E-state index in [1.165, 1.54) is 6.07 Å². The Labute approximate surface area is 146 Å². The molecule has 0 saturated carbocycles. The topological polar surface area (TPSA) is 84.9 Å². The van der Waals surface area contributed by atoms with Crippen LogP contribution in [0.5, 0.6) is 11.5 Å². The fourth-order valence-corrected chi connectivity index (χ4v) is 5.18. The zero-order valence-electron chi connectivity index (χ0n) is 11.9. The lowest BCUT2D eigenvalue weighted by Gasteiger charge is -2.20. The molecule has 0 fully saturated rings. The number of fused-ring (bicyclic) bond motifs is 1. The molecule has 0 aliphatic carbocycles. The van der Waals surface area contributed by atoms with E-state index in [-0.39, 0.29) is 10.8 Å². The molecule has 0 saturated heterocycles. The number of halogens is 1. The van der Waals surface area contributed by atoms with Crippen molar-refractivity contribution in [2.24, 2.45) is 0 Å². The molecule has 2 N–H and O–H groups in total. The third-order valence-corrected chi connectivity index (χ3v) is 6.77. The van der Waals surface area contributed by atoms with Crippen LogP contribution in [0, 0.1) is 0 Å². The lowest BCUT2D eigenvalue weighted by molar-refractivity contribution is 0.165. The summed E-state index contributed by atoms with van der Waals surface area (Å²) in [6, 6.07) is 8.23. The van der Waals surface area contributed by atoms with E-state index in [1.807, 2.05) is 0 Å². The molecule has 2 heterocycles. The highest BCUT2D eigenvalue weighted by Gasteiger charge is 2.20. The Morgan fingerprint density at radius 2 is 1.96 bits per heavy atom. The van der Waals surface area contributed by atoms with Gasteiger partial charge in [0.1, 0.15) is 17.4 Å². The molecule has 1 atom stereocenters. The maximum atomic E-state index is 12.1. The van der Waals surface area contributed by atoms with Gasteiger partial charge in [0.2, 0.25) is 10.0 Å². The van der Waals surface area contributed by atoms with Crippen LogP contribution in [0.2, 0.25) is 0 Å². The number of ether oxygens (including phenoxy) is 2. The Hall–Kier alpha value is -1.13. The second-order valence-electron chi connectivity index (χ2n) is 4.83.